The molecule has 1 atom stereocenters. The highest BCUT2D eigenvalue weighted by molar-refractivity contribution is 5.22. The molecule has 1 aliphatic rings. The van der Waals surface area contributed by atoms with Gasteiger partial charge in [0.1, 0.15) is 0 Å². The van der Waals surface area contributed by atoms with E-state index in [0.717, 1.165) is 19.0 Å². The molecule has 0 amide bonds. The summed E-state index contributed by atoms with van der Waals surface area (Å²) in [4.78, 5) is 2.42. The number of likely N-dealkylation sites (N-methyl/N-ethyl adjacent to an activating group) is 2. The van der Waals surface area contributed by atoms with Gasteiger partial charge in [0.15, 0.2) is 0 Å². The van der Waals surface area contributed by atoms with Crippen LogP contribution in [0.5, 0.6) is 0 Å². The van der Waals surface area contributed by atoms with Crippen molar-refractivity contribution in [1.82, 2.24) is 10.2 Å². The highest BCUT2D eigenvalue weighted by Crippen LogP contribution is 2.32. The third-order valence-corrected chi connectivity index (χ3v) is 3.61. The number of aryl methyl sites for hydroxylation is 1. The molecule has 2 nitrogen and oxygen atoms in total. The predicted molar refractivity (Wildman–Crippen MR) is 73.1 cm³/mol. The fourth-order valence-corrected chi connectivity index (χ4v) is 2.50. The zero-order valence-corrected chi connectivity index (χ0v) is 11.2. The summed E-state index contributed by atoms with van der Waals surface area (Å²) in [6, 6.07) is 9.47. The molecule has 17 heavy (non-hydrogen) atoms. The Morgan fingerprint density at radius 3 is 2.76 bits per heavy atom. The minimum atomic E-state index is 0.671. The van der Waals surface area contributed by atoms with Crippen LogP contribution in [0.2, 0.25) is 0 Å². The van der Waals surface area contributed by atoms with Crippen molar-refractivity contribution in [3.05, 3.63) is 35.4 Å². The van der Waals surface area contributed by atoms with Gasteiger partial charge in [0.05, 0.1) is 0 Å². The smallest absolute Gasteiger partial charge is 0.0231 e. The molecule has 0 aliphatic heterocycles. The number of rotatable bonds is 6. The van der Waals surface area contributed by atoms with E-state index in [0.29, 0.717) is 6.04 Å². The molecule has 0 bridgehead atoms. The zero-order valence-electron chi connectivity index (χ0n) is 11.2. The molecule has 1 saturated carbocycles. The minimum Gasteiger partial charge on any atom is -0.315 e. The Bertz CT molecular complexity index is 358. The molecule has 0 aromatic heterocycles. The van der Waals surface area contributed by atoms with Crippen molar-refractivity contribution < 1.29 is 0 Å². The highest BCUT2D eigenvalue weighted by atomic mass is 15.1. The summed E-state index contributed by atoms with van der Waals surface area (Å²) in [5.41, 5.74) is 2.77. The van der Waals surface area contributed by atoms with E-state index in [4.69, 9.17) is 0 Å². The van der Waals surface area contributed by atoms with Crippen molar-refractivity contribution in [2.45, 2.75) is 32.4 Å². The average Bonchev–Trinajstić information content (AvgIpc) is 3.09. The summed E-state index contributed by atoms with van der Waals surface area (Å²) >= 11 is 0. The van der Waals surface area contributed by atoms with Gasteiger partial charge in [-0.2, -0.15) is 0 Å². The average molecular weight is 232 g/mol. The molecule has 1 aromatic rings. The first kappa shape index (κ1) is 12.6. The first-order valence-corrected chi connectivity index (χ1v) is 6.60. The van der Waals surface area contributed by atoms with Crippen LogP contribution in [0, 0.1) is 12.8 Å². The Labute approximate surface area is 105 Å². The van der Waals surface area contributed by atoms with Crippen LogP contribution in [-0.2, 0) is 6.54 Å². The van der Waals surface area contributed by atoms with E-state index in [1.54, 1.807) is 0 Å². The van der Waals surface area contributed by atoms with Crippen LogP contribution >= 0.6 is 0 Å². The van der Waals surface area contributed by atoms with Crippen LogP contribution < -0.4 is 5.32 Å². The van der Waals surface area contributed by atoms with Crippen LogP contribution in [0.4, 0.5) is 0 Å². The molecule has 0 spiro atoms. The van der Waals surface area contributed by atoms with E-state index in [2.05, 4.69) is 55.5 Å². The SMILES string of the molecule is CNC(CN(C)Cc1cccc(C)c1)C1CC1. The Kier molecular flexibility index (Phi) is 4.19. The normalized spacial score (nSPS) is 17.4. The highest BCUT2D eigenvalue weighted by Gasteiger charge is 2.30. The van der Waals surface area contributed by atoms with E-state index >= 15 is 0 Å². The molecule has 2 heteroatoms. The van der Waals surface area contributed by atoms with Crippen LogP contribution in [0.15, 0.2) is 24.3 Å². The van der Waals surface area contributed by atoms with Crippen molar-refractivity contribution in [1.29, 1.82) is 0 Å². The molecular formula is C15H24N2. The summed E-state index contributed by atoms with van der Waals surface area (Å²) < 4.78 is 0. The van der Waals surface area contributed by atoms with Crippen LogP contribution in [0.3, 0.4) is 0 Å². The lowest BCUT2D eigenvalue weighted by atomic mass is 10.1. The molecule has 1 aliphatic carbocycles. The topological polar surface area (TPSA) is 15.3 Å². The molecule has 2 rings (SSSR count). The van der Waals surface area contributed by atoms with Gasteiger partial charge in [0.2, 0.25) is 0 Å². The summed E-state index contributed by atoms with van der Waals surface area (Å²) in [6.45, 7) is 4.35. The number of hydrogen-bond donors (Lipinski definition) is 1. The first-order valence-electron chi connectivity index (χ1n) is 6.60. The van der Waals surface area contributed by atoms with Crippen molar-refractivity contribution in [3.63, 3.8) is 0 Å². The largest absolute Gasteiger partial charge is 0.315 e. The second kappa shape index (κ2) is 5.65. The van der Waals surface area contributed by atoms with Gasteiger partial charge in [-0.15, -0.1) is 0 Å². The van der Waals surface area contributed by atoms with Gasteiger partial charge < -0.3 is 10.2 Å². The third kappa shape index (κ3) is 3.83. The number of benzene rings is 1. The Balaban J connectivity index is 1.85. The van der Waals surface area contributed by atoms with Gasteiger partial charge >= 0.3 is 0 Å². The Hall–Kier alpha value is -0.860. The zero-order chi connectivity index (χ0) is 12.3. The third-order valence-electron chi connectivity index (χ3n) is 3.61. The van der Waals surface area contributed by atoms with Crippen molar-refractivity contribution in [2.75, 3.05) is 20.6 Å². The molecule has 1 unspecified atom stereocenters. The molecule has 1 aromatic carbocycles. The molecule has 0 heterocycles. The monoisotopic (exact) mass is 232 g/mol. The molecular weight excluding hydrogens is 208 g/mol. The second-order valence-corrected chi connectivity index (χ2v) is 5.42. The van der Waals surface area contributed by atoms with Crippen LogP contribution in [0.1, 0.15) is 24.0 Å². The number of nitrogens with one attached hydrogen (secondary N) is 1. The summed E-state index contributed by atoms with van der Waals surface area (Å²) in [6.07, 6.45) is 2.81. The standard InChI is InChI=1S/C15H24N2/c1-12-5-4-6-13(9-12)10-17(3)11-15(16-2)14-7-8-14/h4-6,9,14-16H,7-8,10-11H2,1-3H3. The lowest BCUT2D eigenvalue weighted by Gasteiger charge is -2.23. The fraction of sp³-hybridized carbons (Fsp3) is 0.600. The maximum atomic E-state index is 3.45. The summed E-state index contributed by atoms with van der Waals surface area (Å²) in [5, 5.41) is 3.45. The fourth-order valence-electron chi connectivity index (χ4n) is 2.50. The quantitative estimate of drug-likeness (QED) is 0.810. The molecule has 1 fully saturated rings. The van der Waals surface area contributed by atoms with Crippen molar-refractivity contribution >= 4 is 0 Å². The van der Waals surface area contributed by atoms with Gasteiger partial charge in [-0.3, -0.25) is 0 Å². The number of nitrogens with zero attached hydrogens (tertiary/aromatic N) is 1. The first-order chi connectivity index (χ1) is 8.19. The van der Waals surface area contributed by atoms with E-state index in [1.807, 2.05) is 0 Å². The minimum absolute atomic E-state index is 0.671. The van der Waals surface area contributed by atoms with Gasteiger partial charge in [-0.1, -0.05) is 29.8 Å². The maximum absolute atomic E-state index is 3.45. The van der Waals surface area contributed by atoms with E-state index in [9.17, 15) is 0 Å². The van der Waals surface area contributed by atoms with Gasteiger partial charge in [0, 0.05) is 19.1 Å². The van der Waals surface area contributed by atoms with Crippen molar-refractivity contribution in [2.24, 2.45) is 5.92 Å². The van der Waals surface area contributed by atoms with Gasteiger partial charge in [-0.05, 0) is 45.3 Å². The Morgan fingerprint density at radius 1 is 1.41 bits per heavy atom. The van der Waals surface area contributed by atoms with Gasteiger partial charge in [-0.25, -0.2) is 0 Å². The van der Waals surface area contributed by atoms with Crippen LogP contribution in [0.25, 0.3) is 0 Å². The van der Waals surface area contributed by atoms with E-state index in [1.165, 1.54) is 24.0 Å². The summed E-state index contributed by atoms with van der Waals surface area (Å²) in [5.74, 6) is 0.917. The summed E-state index contributed by atoms with van der Waals surface area (Å²) in [7, 11) is 4.30. The Morgan fingerprint density at radius 2 is 2.18 bits per heavy atom. The van der Waals surface area contributed by atoms with Gasteiger partial charge in [0.25, 0.3) is 0 Å². The predicted octanol–water partition coefficient (Wildman–Crippen LogP) is 2.42. The second-order valence-electron chi connectivity index (χ2n) is 5.42. The van der Waals surface area contributed by atoms with E-state index < -0.39 is 0 Å². The van der Waals surface area contributed by atoms with Crippen molar-refractivity contribution in [3.8, 4) is 0 Å². The molecule has 0 radical (unpaired) electrons. The molecule has 0 saturated heterocycles. The molecule has 1 N–H and O–H groups in total. The van der Waals surface area contributed by atoms with E-state index in [-0.39, 0.29) is 0 Å². The lowest BCUT2D eigenvalue weighted by molar-refractivity contribution is 0.274. The maximum Gasteiger partial charge on any atom is 0.0231 e. The van der Waals surface area contributed by atoms with Crippen LogP contribution in [-0.4, -0.2) is 31.6 Å². The molecule has 94 valence electrons. The lowest BCUT2D eigenvalue weighted by Crippen LogP contribution is -2.38. The number of hydrogen-bond acceptors (Lipinski definition) is 2.